The zero-order chi connectivity index (χ0) is 18.5. The lowest BCUT2D eigenvalue weighted by molar-refractivity contribution is -0.128. The first-order chi connectivity index (χ1) is 12.5. The van der Waals surface area contributed by atoms with Gasteiger partial charge in [-0.25, -0.2) is 5.01 Å². The molecule has 1 N–H and O–H groups in total. The molecule has 3 rings (SSSR count). The average Bonchev–Trinajstić information content (AvgIpc) is 2.89. The van der Waals surface area contributed by atoms with Crippen LogP contribution in [0, 0.1) is 6.92 Å². The van der Waals surface area contributed by atoms with Crippen LogP contribution in [-0.2, 0) is 14.3 Å². The quantitative estimate of drug-likeness (QED) is 0.612. The molecule has 1 aromatic rings. The van der Waals surface area contributed by atoms with Crippen LogP contribution in [0.2, 0.25) is 0 Å². The molecular formula is C18H21N3O3S2. The van der Waals surface area contributed by atoms with Crippen molar-refractivity contribution in [1.82, 2.24) is 15.3 Å². The summed E-state index contributed by atoms with van der Waals surface area (Å²) in [4.78, 5) is 26.8. The fourth-order valence-corrected chi connectivity index (χ4v) is 3.94. The van der Waals surface area contributed by atoms with E-state index in [-0.39, 0.29) is 24.8 Å². The number of nitrogens with one attached hydrogen (secondary N) is 1. The number of hydrogen-bond acceptors (Lipinski definition) is 6. The predicted octanol–water partition coefficient (Wildman–Crippen LogP) is 1.95. The Morgan fingerprint density at radius 2 is 2.00 bits per heavy atom. The zero-order valence-corrected chi connectivity index (χ0v) is 16.2. The molecule has 1 aromatic carbocycles. The van der Waals surface area contributed by atoms with Gasteiger partial charge < -0.3 is 4.74 Å². The van der Waals surface area contributed by atoms with Crippen molar-refractivity contribution in [2.24, 2.45) is 0 Å². The van der Waals surface area contributed by atoms with E-state index in [9.17, 15) is 9.59 Å². The summed E-state index contributed by atoms with van der Waals surface area (Å²) >= 11 is 6.59. The predicted molar refractivity (Wildman–Crippen MR) is 106 cm³/mol. The van der Waals surface area contributed by atoms with E-state index >= 15 is 0 Å². The molecule has 0 radical (unpaired) electrons. The minimum atomic E-state index is -0.139. The highest BCUT2D eigenvalue weighted by atomic mass is 32.2. The Bertz CT molecular complexity index is 728. The van der Waals surface area contributed by atoms with Gasteiger partial charge in [-0.1, -0.05) is 53.8 Å². The minimum Gasteiger partial charge on any atom is -0.379 e. The van der Waals surface area contributed by atoms with E-state index in [2.05, 4.69) is 5.43 Å². The molecule has 2 aliphatic heterocycles. The van der Waals surface area contributed by atoms with Crippen LogP contribution in [0.5, 0.6) is 0 Å². The molecule has 0 spiro atoms. The summed E-state index contributed by atoms with van der Waals surface area (Å²) in [6, 6.07) is 7.94. The van der Waals surface area contributed by atoms with Gasteiger partial charge in [0.2, 0.25) is 5.91 Å². The SMILES string of the molecule is Cc1ccc(/C=C2/SC(=S)N(CCC(=O)NN3CCOCC3)C2=O)cc1. The molecule has 6 nitrogen and oxygen atoms in total. The van der Waals surface area contributed by atoms with Gasteiger partial charge in [-0.15, -0.1) is 0 Å². The Morgan fingerprint density at radius 3 is 2.69 bits per heavy atom. The van der Waals surface area contributed by atoms with E-state index < -0.39 is 0 Å². The minimum absolute atomic E-state index is 0.122. The molecule has 0 unspecified atom stereocenters. The van der Waals surface area contributed by atoms with Gasteiger partial charge in [-0.05, 0) is 18.6 Å². The average molecular weight is 392 g/mol. The lowest BCUT2D eigenvalue weighted by Crippen LogP contribution is -2.49. The second-order valence-electron chi connectivity index (χ2n) is 6.13. The van der Waals surface area contributed by atoms with E-state index in [0.717, 1.165) is 5.56 Å². The highest BCUT2D eigenvalue weighted by molar-refractivity contribution is 8.26. The van der Waals surface area contributed by atoms with Crippen LogP contribution in [0.15, 0.2) is 29.2 Å². The van der Waals surface area contributed by atoms with E-state index in [1.54, 1.807) is 0 Å². The molecule has 26 heavy (non-hydrogen) atoms. The first-order valence-electron chi connectivity index (χ1n) is 8.47. The van der Waals surface area contributed by atoms with Crippen molar-refractivity contribution >= 4 is 46.2 Å². The maximum atomic E-state index is 12.6. The number of rotatable bonds is 5. The van der Waals surface area contributed by atoms with Crippen LogP contribution in [0.4, 0.5) is 0 Å². The van der Waals surface area contributed by atoms with E-state index in [4.69, 9.17) is 17.0 Å². The Balaban J connectivity index is 1.55. The summed E-state index contributed by atoms with van der Waals surface area (Å²) in [5.74, 6) is -0.261. The van der Waals surface area contributed by atoms with Crippen molar-refractivity contribution in [2.75, 3.05) is 32.8 Å². The summed E-state index contributed by atoms with van der Waals surface area (Å²) < 4.78 is 5.74. The number of carbonyl (C=O) groups excluding carboxylic acids is 2. The monoisotopic (exact) mass is 391 g/mol. The molecule has 0 saturated carbocycles. The molecule has 0 atom stereocenters. The summed E-state index contributed by atoms with van der Waals surface area (Å²) in [7, 11) is 0. The van der Waals surface area contributed by atoms with Crippen LogP contribution in [0.1, 0.15) is 17.5 Å². The third-order valence-corrected chi connectivity index (χ3v) is 5.48. The fraction of sp³-hybridized carbons (Fsp3) is 0.389. The third kappa shape index (κ3) is 4.91. The van der Waals surface area contributed by atoms with Crippen molar-refractivity contribution in [3.63, 3.8) is 0 Å². The molecule has 8 heteroatoms. The number of morpholine rings is 1. The Kier molecular flexibility index (Phi) is 6.42. The number of amides is 2. The molecule has 2 saturated heterocycles. The van der Waals surface area contributed by atoms with E-state index in [1.165, 1.54) is 22.2 Å². The Morgan fingerprint density at radius 1 is 1.31 bits per heavy atom. The van der Waals surface area contributed by atoms with Gasteiger partial charge in [0.15, 0.2) is 0 Å². The maximum absolute atomic E-state index is 12.6. The van der Waals surface area contributed by atoms with Crippen LogP contribution >= 0.6 is 24.0 Å². The topological polar surface area (TPSA) is 61.9 Å². The number of carbonyl (C=O) groups is 2. The van der Waals surface area contributed by atoms with Gasteiger partial charge in [-0.2, -0.15) is 0 Å². The van der Waals surface area contributed by atoms with E-state index in [1.807, 2.05) is 42.3 Å². The van der Waals surface area contributed by atoms with Crippen molar-refractivity contribution in [3.8, 4) is 0 Å². The number of thiocarbonyl (C=S) groups is 1. The number of nitrogens with zero attached hydrogens (tertiary/aromatic N) is 2. The molecule has 2 amide bonds. The van der Waals surface area contributed by atoms with Crippen LogP contribution in [0.25, 0.3) is 6.08 Å². The first-order valence-corrected chi connectivity index (χ1v) is 9.69. The molecule has 0 bridgehead atoms. The molecule has 138 valence electrons. The van der Waals surface area contributed by atoms with Crippen molar-refractivity contribution < 1.29 is 14.3 Å². The number of benzene rings is 1. The van der Waals surface area contributed by atoms with E-state index in [0.29, 0.717) is 35.5 Å². The molecular weight excluding hydrogens is 370 g/mol. The number of ether oxygens (including phenoxy) is 1. The Labute approximate surface area is 162 Å². The zero-order valence-electron chi connectivity index (χ0n) is 14.6. The maximum Gasteiger partial charge on any atom is 0.266 e. The lowest BCUT2D eigenvalue weighted by Gasteiger charge is -2.27. The van der Waals surface area contributed by atoms with Gasteiger partial charge >= 0.3 is 0 Å². The Hall–Kier alpha value is -1.74. The van der Waals surface area contributed by atoms with Crippen LogP contribution in [-0.4, -0.2) is 58.9 Å². The van der Waals surface area contributed by atoms with Crippen molar-refractivity contribution in [3.05, 3.63) is 40.3 Å². The van der Waals surface area contributed by atoms with Gasteiger partial charge in [-0.3, -0.25) is 19.9 Å². The number of thioether (sulfide) groups is 1. The summed E-state index contributed by atoms with van der Waals surface area (Å²) in [6.45, 7) is 4.87. The van der Waals surface area contributed by atoms with Crippen molar-refractivity contribution in [1.29, 1.82) is 0 Å². The van der Waals surface area contributed by atoms with Gasteiger partial charge in [0.05, 0.1) is 18.1 Å². The van der Waals surface area contributed by atoms with Crippen molar-refractivity contribution in [2.45, 2.75) is 13.3 Å². The molecule has 0 aliphatic carbocycles. The second kappa shape index (κ2) is 8.77. The van der Waals surface area contributed by atoms with Crippen LogP contribution in [0.3, 0.4) is 0 Å². The van der Waals surface area contributed by atoms with Gasteiger partial charge in [0.1, 0.15) is 4.32 Å². The standard InChI is InChI=1S/C18H21N3O3S2/c1-13-2-4-14(5-3-13)12-15-17(23)21(18(25)26-15)7-6-16(22)19-20-8-10-24-11-9-20/h2-5,12H,6-11H2,1H3,(H,19,22)/b15-12+. The molecule has 2 heterocycles. The summed E-state index contributed by atoms with van der Waals surface area (Å²) in [5, 5.41) is 1.84. The number of hydrazine groups is 1. The summed E-state index contributed by atoms with van der Waals surface area (Å²) in [6.07, 6.45) is 2.05. The normalized spacial score (nSPS) is 20.0. The van der Waals surface area contributed by atoms with Crippen LogP contribution < -0.4 is 5.43 Å². The number of aryl methyl sites for hydroxylation is 1. The molecule has 0 aromatic heterocycles. The fourth-order valence-electron chi connectivity index (χ4n) is 2.63. The highest BCUT2D eigenvalue weighted by Gasteiger charge is 2.32. The smallest absolute Gasteiger partial charge is 0.266 e. The molecule has 2 aliphatic rings. The lowest BCUT2D eigenvalue weighted by atomic mass is 10.1. The second-order valence-corrected chi connectivity index (χ2v) is 7.80. The van der Waals surface area contributed by atoms with Gasteiger partial charge in [0, 0.05) is 26.1 Å². The highest BCUT2D eigenvalue weighted by Crippen LogP contribution is 2.32. The third-order valence-electron chi connectivity index (χ3n) is 4.11. The molecule has 2 fully saturated rings. The largest absolute Gasteiger partial charge is 0.379 e. The first kappa shape index (κ1) is 19.0. The summed E-state index contributed by atoms with van der Waals surface area (Å²) in [5.41, 5.74) is 4.97. The van der Waals surface area contributed by atoms with Gasteiger partial charge in [0.25, 0.3) is 5.91 Å². The number of hydrogen-bond donors (Lipinski definition) is 1.